The summed E-state index contributed by atoms with van der Waals surface area (Å²) in [6.07, 6.45) is 3.61. The zero-order chi connectivity index (χ0) is 12.0. The van der Waals surface area contributed by atoms with Gasteiger partial charge in [-0.1, -0.05) is 0 Å². The molecule has 0 bridgehead atoms. The summed E-state index contributed by atoms with van der Waals surface area (Å²) in [6.45, 7) is 3.60. The van der Waals surface area contributed by atoms with E-state index in [1.165, 1.54) is 0 Å². The number of rotatable bonds is 4. The van der Waals surface area contributed by atoms with Crippen LogP contribution in [-0.4, -0.2) is 17.6 Å². The predicted octanol–water partition coefficient (Wildman–Crippen LogP) is 1.72. The van der Waals surface area contributed by atoms with Crippen molar-refractivity contribution in [3.63, 3.8) is 0 Å². The molecule has 0 saturated heterocycles. The maximum absolute atomic E-state index is 11.6. The van der Waals surface area contributed by atoms with Gasteiger partial charge in [-0.3, -0.25) is 9.78 Å². The molecule has 0 spiro atoms. The third kappa shape index (κ3) is 2.80. The molecule has 1 aromatic rings. The number of nitriles is 1. The van der Waals surface area contributed by atoms with Gasteiger partial charge in [-0.25, -0.2) is 0 Å². The summed E-state index contributed by atoms with van der Waals surface area (Å²) in [4.78, 5) is 15.5. The number of nitrogens with zero attached hydrogens (tertiary/aromatic N) is 2. The van der Waals surface area contributed by atoms with E-state index in [0.717, 1.165) is 5.56 Å². The van der Waals surface area contributed by atoms with E-state index in [2.05, 4.69) is 4.98 Å². The molecule has 0 fully saturated rings. The van der Waals surface area contributed by atoms with E-state index >= 15 is 0 Å². The van der Waals surface area contributed by atoms with Crippen molar-refractivity contribution < 1.29 is 9.53 Å². The van der Waals surface area contributed by atoms with Gasteiger partial charge in [0.05, 0.1) is 12.7 Å². The Labute approximate surface area is 94.9 Å². The zero-order valence-electron chi connectivity index (χ0n) is 9.43. The fourth-order valence-corrected chi connectivity index (χ4v) is 1.36. The number of hydrogen-bond acceptors (Lipinski definition) is 4. The van der Waals surface area contributed by atoms with Crippen LogP contribution in [0, 0.1) is 16.7 Å². The van der Waals surface area contributed by atoms with Gasteiger partial charge in [-0.15, -0.1) is 0 Å². The lowest BCUT2D eigenvalue weighted by Crippen LogP contribution is -2.30. The van der Waals surface area contributed by atoms with E-state index in [1.807, 2.05) is 6.07 Å². The van der Waals surface area contributed by atoms with E-state index in [0.29, 0.717) is 6.42 Å². The Balaban J connectivity index is 2.83. The quantitative estimate of drug-likeness (QED) is 0.722. The molecule has 4 heteroatoms. The molecule has 1 aromatic heterocycles. The number of hydrogen-bond donors (Lipinski definition) is 0. The lowest BCUT2D eigenvalue weighted by atomic mass is 9.85. The van der Waals surface area contributed by atoms with Crippen molar-refractivity contribution in [1.29, 1.82) is 5.26 Å². The molecule has 0 aromatic carbocycles. The third-order valence-electron chi connectivity index (χ3n) is 2.28. The first-order valence-corrected chi connectivity index (χ1v) is 5.10. The first-order valence-electron chi connectivity index (χ1n) is 5.10. The van der Waals surface area contributed by atoms with Crippen LogP contribution in [0.1, 0.15) is 19.4 Å². The van der Waals surface area contributed by atoms with Gasteiger partial charge < -0.3 is 4.74 Å². The van der Waals surface area contributed by atoms with Crippen LogP contribution in [0.25, 0.3) is 0 Å². The standard InChI is InChI=1S/C12H14N2O2/c1-3-16-11(15)12(2,9-13)8-10-4-6-14-7-5-10/h4-7H,3,8H2,1-2H3/t12-/m1/s1. The maximum Gasteiger partial charge on any atom is 0.326 e. The van der Waals surface area contributed by atoms with Crippen LogP contribution in [-0.2, 0) is 16.0 Å². The molecular formula is C12H14N2O2. The van der Waals surface area contributed by atoms with Crippen LogP contribution in [0.15, 0.2) is 24.5 Å². The second-order valence-corrected chi connectivity index (χ2v) is 3.70. The molecule has 4 nitrogen and oxygen atoms in total. The van der Waals surface area contributed by atoms with E-state index in [1.54, 1.807) is 38.4 Å². The van der Waals surface area contributed by atoms with Crippen LogP contribution in [0.3, 0.4) is 0 Å². The minimum Gasteiger partial charge on any atom is -0.465 e. The third-order valence-corrected chi connectivity index (χ3v) is 2.28. The van der Waals surface area contributed by atoms with E-state index in [4.69, 9.17) is 10.00 Å². The summed E-state index contributed by atoms with van der Waals surface area (Å²) in [5.41, 5.74) is -0.232. The molecule has 0 saturated carbocycles. The van der Waals surface area contributed by atoms with Crippen LogP contribution >= 0.6 is 0 Å². The smallest absolute Gasteiger partial charge is 0.326 e. The molecule has 0 N–H and O–H groups in total. The molecule has 16 heavy (non-hydrogen) atoms. The molecule has 84 valence electrons. The molecule has 0 amide bonds. The first-order chi connectivity index (χ1) is 7.62. The molecule has 0 aliphatic heterocycles. The summed E-state index contributed by atoms with van der Waals surface area (Å²) in [7, 11) is 0. The van der Waals surface area contributed by atoms with Gasteiger partial charge in [0.2, 0.25) is 0 Å². The van der Waals surface area contributed by atoms with Gasteiger partial charge in [0.25, 0.3) is 0 Å². The largest absolute Gasteiger partial charge is 0.465 e. The molecule has 0 aliphatic carbocycles. The van der Waals surface area contributed by atoms with Gasteiger partial charge in [0.15, 0.2) is 5.41 Å². The average molecular weight is 218 g/mol. The molecule has 1 rings (SSSR count). The van der Waals surface area contributed by atoms with Crippen molar-refractivity contribution in [3.05, 3.63) is 30.1 Å². The molecule has 0 unspecified atom stereocenters. The van der Waals surface area contributed by atoms with Crippen molar-refractivity contribution in [2.45, 2.75) is 20.3 Å². The molecule has 1 heterocycles. The fourth-order valence-electron chi connectivity index (χ4n) is 1.36. The summed E-state index contributed by atoms with van der Waals surface area (Å²) in [5, 5.41) is 9.08. The van der Waals surface area contributed by atoms with E-state index in [-0.39, 0.29) is 6.61 Å². The number of aromatic nitrogens is 1. The van der Waals surface area contributed by atoms with Crippen molar-refractivity contribution in [3.8, 4) is 6.07 Å². The zero-order valence-corrected chi connectivity index (χ0v) is 9.43. The highest BCUT2D eigenvalue weighted by Gasteiger charge is 2.35. The second kappa shape index (κ2) is 5.26. The highest BCUT2D eigenvalue weighted by atomic mass is 16.5. The summed E-state index contributed by atoms with van der Waals surface area (Å²) in [6, 6.07) is 5.59. The van der Waals surface area contributed by atoms with Crippen LogP contribution in [0.2, 0.25) is 0 Å². The lowest BCUT2D eigenvalue weighted by molar-refractivity contribution is -0.151. The Hall–Kier alpha value is -1.89. The van der Waals surface area contributed by atoms with E-state index < -0.39 is 11.4 Å². The van der Waals surface area contributed by atoms with Gasteiger partial charge in [0.1, 0.15) is 0 Å². The molecule has 1 atom stereocenters. The number of carbonyl (C=O) groups is 1. The topological polar surface area (TPSA) is 63.0 Å². The van der Waals surface area contributed by atoms with Crippen molar-refractivity contribution >= 4 is 5.97 Å². The summed E-state index contributed by atoms with van der Waals surface area (Å²) >= 11 is 0. The minimum atomic E-state index is -1.13. The second-order valence-electron chi connectivity index (χ2n) is 3.70. The summed E-state index contributed by atoms with van der Waals surface area (Å²) < 4.78 is 4.89. The highest BCUT2D eigenvalue weighted by molar-refractivity contribution is 5.79. The van der Waals surface area contributed by atoms with Crippen molar-refractivity contribution in [1.82, 2.24) is 4.98 Å². The number of esters is 1. The van der Waals surface area contributed by atoms with Gasteiger partial charge >= 0.3 is 5.97 Å². The van der Waals surface area contributed by atoms with Gasteiger partial charge in [0, 0.05) is 18.8 Å². The Bertz CT molecular complexity index is 397. The Morgan fingerprint density at radius 3 is 2.69 bits per heavy atom. The first kappa shape index (κ1) is 12.2. The normalized spacial score (nSPS) is 13.6. The summed E-state index contributed by atoms with van der Waals surface area (Å²) in [5.74, 6) is -0.477. The van der Waals surface area contributed by atoms with Crippen LogP contribution in [0.4, 0.5) is 0 Å². The highest BCUT2D eigenvalue weighted by Crippen LogP contribution is 2.23. The van der Waals surface area contributed by atoms with Crippen molar-refractivity contribution in [2.24, 2.45) is 5.41 Å². The SMILES string of the molecule is CCOC(=O)[C@@](C)(C#N)Cc1ccncc1. The van der Waals surface area contributed by atoms with Crippen molar-refractivity contribution in [2.75, 3.05) is 6.61 Å². The fraction of sp³-hybridized carbons (Fsp3) is 0.417. The monoisotopic (exact) mass is 218 g/mol. The lowest BCUT2D eigenvalue weighted by Gasteiger charge is -2.19. The van der Waals surface area contributed by atoms with Gasteiger partial charge in [-0.2, -0.15) is 5.26 Å². The Kier molecular flexibility index (Phi) is 4.01. The Morgan fingerprint density at radius 2 is 2.19 bits per heavy atom. The number of carbonyl (C=O) groups excluding carboxylic acids is 1. The van der Waals surface area contributed by atoms with Crippen LogP contribution < -0.4 is 0 Å². The maximum atomic E-state index is 11.6. The molecule has 0 aliphatic rings. The van der Waals surface area contributed by atoms with Gasteiger partial charge in [-0.05, 0) is 31.5 Å². The molecular weight excluding hydrogens is 204 g/mol. The minimum absolute atomic E-state index is 0.284. The predicted molar refractivity (Wildman–Crippen MR) is 58.3 cm³/mol. The van der Waals surface area contributed by atoms with E-state index in [9.17, 15) is 4.79 Å². The average Bonchev–Trinajstić information content (AvgIpc) is 2.30. The van der Waals surface area contributed by atoms with Crippen LogP contribution in [0.5, 0.6) is 0 Å². The molecule has 0 radical (unpaired) electrons. The number of ether oxygens (including phenoxy) is 1. The number of pyridine rings is 1. The Morgan fingerprint density at radius 1 is 1.56 bits per heavy atom.